The topological polar surface area (TPSA) is 0 Å². The third kappa shape index (κ3) is 7.39. The molecule has 0 aromatic carbocycles. The predicted molar refractivity (Wildman–Crippen MR) is 47.1 cm³/mol. The molecular weight excluding hydrogens is 139 g/mol. The highest BCUT2D eigenvalue weighted by atomic mass is 19.1. The Hall–Kier alpha value is -0.510. The van der Waals surface area contributed by atoms with E-state index >= 15 is 0 Å². The molecule has 0 spiro atoms. The zero-order valence-electron chi connectivity index (χ0n) is 7.28. The molecule has 0 radical (unpaired) electrons. The molecule has 0 amide bonds. The number of unbranched alkanes of at least 4 members (excludes halogenated alkanes) is 3. The first-order chi connectivity index (χ1) is 5.31. The van der Waals surface area contributed by atoms with Gasteiger partial charge in [0.15, 0.2) is 0 Å². The molecule has 0 saturated heterocycles. The molecule has 0 aliphatic heterocycles. The van der Waals surface area contributed by atoms with Crippen molar-refractivity contribution in [3.05, 3.63) is 0 Å². The van der Waals surface area contributed by atoms with Crippen LogP contribution >= 0.6 is 0 Å². The lowest BCUT2D eigenvalue weighted by Gasteiger charge is -2.02. The van der Waals surface area contributed by atoms with E-state index < -0.39 is 6.17 Å². The van der Waals surface area contributed by atoms with Crippen molar-refractivity contribution < 1.29 is 4.39 Å². The SMILES string of the molecule is C#CC[C@H](F)CCCCCC. The Balaban J connectivity index is 3.05. The Morgan fingerprint density at radius 2 is 2.09 bits per heavy atom. The van der Waals surface area contributed by atoms with E-state index in [0.717, 1.165) is 12.8 Å². The molecule has 0 fully saturated rings. The minimum Gasteiger partial charge on any atom is -0.246 e. The highest BCUT2D eigenvalue weighted by Crippen LogP contribution is 2.09. The summed E-state index contributed by atoms with van der Waals surface area (Å²) in [5.41, 5.74) is 0. The maximum Gasteiger partial charge on any atom is 0.111 e. The fourth-order valence-corrected chi connectivity index (χ4v) is 1.02. The largest absolute Gasteiger partial charge is 0.246 e. The van der Waals surface area contributed by atoms with Crippen LogP contribution in [-0.2, 0) is 0 Å². The van der Waals surface area contributed by atoms with Crippen molar-refractivity contribution in [2.45, 2.75) is 51.6 Å². The van der Waals surface area contributed by atoms with Crippen LogP contribution in [0.3, 0.4) is 0 Å². The molecule has 0 aliphatic rings. The Morgan fingerprint density at radius 3 is 2.64 bits per heavy atom. The standard InChI is InChI=1S/C10H17F/c1-3-5-6-7-9-10(11)8-4-2/h2,10H,3,5-9H2,1H3/t10-/m0/s1. The molecule has 0 aromatic rings. The monoisotopic (exact) mass is 156 g/mol. The van der Waals surface area contributed by atoms with E-state index in [1.54, 1.807) is 0 Å². The van der Waals surface area contributed by atoms with Gasteiger partial charge >= 0.3 is 0 Å². The second-order valence-corrected chi connectivity index (χ2v) is 2.85. The van der Waals surface area contributed by atoms with Gasteiger partial charge in [-0.2, -0.15) is 0 Å². The van der Waals surface area contributed by atoms with Gasteiger partial charge in [-0.3, -0.25) is 0 Å². The molecule has 0 nitrogen and oxygen atoms in total. The predicted octanol–water partition coefficient (Wildman–Crippen LogP) is 3.32. The summed E-state index contributed by atoms with van der Waals surface area (Å²) in [7, 11) is 0. The molecule has 0 N–H and O–H groups in total. The molecule has 0 heterocycles. The van der Waals surface area contributed by atoms with Gasteiger partial charge in [0.1, 0.15) is 6.17 Å². The van der Waals surface area contributed by atoms with Crippen LogP contribution in [0.25, 0.3) is 0 Å². The van der Waals surface area contributed by atoms with Gasteiger partial charge < -0.3 is 0 Å². The lowest BCUT2D eigenvalue weighted by atomic mass is 10.1. The molecular formula is C10H17F. The smallest absolute Gasteiger partial charge is 0.111 e. The molecule has 0 aliphatic carbocycles. The zero-order chi connectivity index (χ0) is 8.53. The fraction of sp³-hybridized carbons (Fsp3) is 0.800. The lowest BCUT2D eigenvalue weighted by Crippen LogP contribution is -1.97. The van der Waals surface area contributed by atoms with Gasteiger partial charge in [0.2, 0.25) is 0 Å². The third-order valence-corrected chi connectivity index (χ3v) is 1.71. The van der Waals surface area contributed by atoms with Crippen molar-refractivity contribution in [2.24, 2.45) is 0 Å². The van der Waals surface area contributed by atoms with E-state index in [4.69, 9.17) is 6.42 Å². The van der Waals surface area contributed by atoms with Gasteiger partial charge in [-0.15, -0.1) is 12.3 Å². The Morgan fingerprint density at radius 1 is 1.36 bits per heavy atom. The number of alkyl halides is 1. The van der Waals surface area contributed by atoms with E-state index in [1.165, 1.54) is 12.8 Å². The maximum absolute atomic E-state index is 12.7. The highest BCUT2D eigenvalue weighted by Gasteiger charge is 2.02. The Bertz CT molecular complexity index is 113. The number of rotatable bonds is 6. The summed E-state index contributed by atoms with van der Waals surface area (Å²) in [5, 5.41) is 0. The molecule has 1 heteroatoms. The summed E-state index contributed by atoms with van der Waals surface area (Å²) in [6.07, 6.45) is 9.66. The molecule has 0 saturated carbocycles. The van der Waals surface area contributed by atoms with Crippen LogP contribution in [0.5, 0.6) is 0 Å². The normalized spacial score (nSPS) is 12.5. The quantitative estimate of drug-likeness (QED) is 0.409. The van der Waals surface area contributed by atoms with Crippen molar-refractivity contribution in [1.29, 1.82) is 0 Å². The minimum atomic E-state index is -0.767. The molecule has 11 heavy (non-hydrogen) atoms. The number of halogens is 1. The first kappa shape index (κ1) is 10.5. The number of hydrogen-bond donors (Lipinski definition) is 0. The molecule has 1 atom stereocenters. The first-order valence-corrected chi connectivity index (χ1v) is 4.38. The van der Waals surface area contributed by atoms with Gasteiger partial charge in [-0.25, -0.2) is 4.39 Å². The van der Waals surface area contributed by atoms with Crippen LogP contribution in [0, 0.1) is 12.3 Å². The average molecular weight is 156 g/mol. The van der Waals surface area contributed by atoms with Gasteiger partial charge in [0.05, 0.1) is 0 Å². The van der Waals surface area contributed by atoms with E-state index in [1.807, 2.05) is 0 Å². The van der Waals surface area contributed by atoms with Gasteiger partial charge in [-0.05, 0) is 6.42 Å². The maximum atomic E-state index is 12.7. The minimum absolute atomic E-state index is 0.284. The van der Waals surface area contributed by atoms with Crippen LogP contribution < -0.4 is 0 Å². The van der Waals surface area contributed by atoms with E-state index in [-0.39, 0.29) is 6.42 Å². The summed E-state index contributed by atoms with van der Waals surface area (Å²) in [4.78, 5) is 0. The van der Waals surface area contributed by atoms with Gasteiger partial charge in [0, 0.05) is 6.42 Å². The van der Waals surface area contributed by atoms with Crippen molar-refractivity contribution in [2.75, 3.05) is 0 Å². The van der Waals surface area contributed by atoms with Gasteiger partial charge in [0.25, 0.3) is 0 Å². The number of hydrogen-bond acceptors (Lipinski definition) is 0. The van der Waals surface area contributed by atoms with Gasteiger partial charge in [-0.1, -0.05) is 32.6 Å². The van der Waals surface area contributed by atoms with Crippen LogP contribution in [0.4, 0.5) is 4.39 Å². The van der Waals surface area contributed by atoms with Crippen molar-refractivity contribution in [3.8, 4) is 12.3 Å². The lowest BCUT2D eigenvalue weighted by molar-refractivity contribution is 0.311. The second kappa shape index (κ2) is 7.60. The molecule has 0 aromatic heterocycles. The summed E-state index contributed by atoms with van der Waals surface area (Å²) >= 11 is 0. The summed E-state index contributed by atoms with van der Waals surface area (Å²) in [5.74, 6) is 2.33. The molecule has 64 valence electrons. The summed E-state index contributed by atoms with van der Waals surface area (Å²) in [6, 6.07) is 0. The van der Waals surface area contributed by atoms with Crippen LogP contribution in [0.15, 0.2) is 0 Å². The molecule has 0 unspecified atom stereocenters. The first-order valence-electron chi connectivity index (χ1n) is 4.38. The highest BCUT2D eigenvalue weighted by molar-refractivity contribution is 4.86. The fourth-order valence-electron chi connectivity index (χ4n) is 1.02. The van der Waals surface area contributed by atoms with Crippen LogP contribution in [0.2, 0.25) is 0 Å². The van der Waals surface area contributed by atoms with Crippen LogP contribution in [-0.4, -0.2) is 6.17 Å². The Kier molecular flexibility index (Phi) is 7.24. The molecule has 0 bridgehead atoms. The van der Waals surface area contributed by atoms with Crippen LogP contribution in [0.1, 0.15) is 45.4 Å². The van der Waals surface area contributed by atoms with E-state index in [2.05, 4.69) is 12.8 Å². The Labute approximate surface area is 69.2 Å². The zero-order valence-corrected chi connectivity index (χ0v) is 7.28. The number of terminal acetylenes is 1. The van der Waals surface area contributed by atoms with E-state index in [9.17, 15) is 4.39 Å². The van der Waals surface area contributed by atoms with Crippen molar-refractivity contribution in [3.63, 3.8) is 0 Å². The van der Waals surface area contributed by atoms with Crippen molar-refractivity contribution in [1.82, 2.24) is 0 Å². The summed E-state index contributed by atoms with van der Waals surface area (Å²) in [6.45, 7) is 2.15. The summed E-state index contributed by atoms with van der Waals surface area (Å²) < 4.78 is 12.7. The third-order valence-electron chi connectivity index (χ3n) is 1.71. The van der Waals surface area contributed by atoms with Crippen molar-refractivity contribution >= 4 is 0 Å². The van der Waals surface area contributed by atoms with E-state index in [0.29, 0.717) is 6.42 Å². The second-order valence-electron chi connectivity index (χ2n) is 2.85. The average Bonchev–Trinajstić information content (AvgIpc) is 1.99. The molecule has 0 rings (SSSR count).